The highest BCUT2D eigenvalue weighted by Gasteiger charge is 2.31. The number of aromatic nitrogens is 3. The molecule has 0 amide bonds. The van der Waals surface area contributed by atoms with Crippen LogP contribution in [0.5, 0.6) is 0 Å². The lowest BCUT2D eigenvalue weighted by atomic mass is 10.2. The predicted molar refractivity (Wildman–Crippen MR) is 62.0 cm³/mol. The van der Waals surface area contributed by atoms with Crippen molar-refractivity contribution < 1.29 is 13.2 Å². The van der Waals surface area contributed by atoms with Crippen LogP contribution in [0.25, 0.3) is 5.69 Å². The highest BCUT2D eigenvalue weighted by Crippen LogP contribution is 2.33. The van der Waals surface area contributed by atoms with E-state index >= 15 is 0 Å². The van der Waals surface area contributed by atoms with Gasteiger partial charge in [0.05, 0.1) is 23.1 Å². The summed E-state index contributed by atoms with van der Waals surface area (Å²) in [4.78, 5) is 0. The van der Waals surface area contributed by atoms with Gasteiger partial charge < -0.3 is 5.73 Å². The molecular formula is C10H8BrF3N4. The molecule has 0 fully saturated rings. The number of nitrogens with zero attached hydrogens (tertiary/aromatic N) is 3. The Kier molecular flexibility index (Phi) is 3.40. The third-order valence-electron chi connectivity index (χ3n) is 2.33. The van der Waals surface area contributed by atoms with Crippen LogP contribution in [0.2, 0.25) is 0 Å². The van der Waals surface area contributed by atoms with Gasteiger partial charge in [-0.25, -0.2) is 4.68 Å². The van der Waals surface area contributed by atoms with Crippen LogP contribution in [0.4, 0.5) is 13.2 Å². The largest absolute Gasteiger partial charge is 0.416 e. The molecule has 2 rings (SSSR count). The topological polar surface area (TPSA) is 56.7 Å². The maximum absolute atomic E-state index is 12.6. The highest BCUT2D eigenvalue weighted by atomic mass is 79.9. The van der Waals surface area contributed by atoms with E-state index in [-0.39, 0.29) is 12.2 Å². The highest BCUT2D eigenvalue weighted by molar-refractivity contribution is 9.10. The Hall–Kier alpha value is -1.41. The molecule has 0 spiro atoms. The van der Waals surface area contributed by atoms with Gasteiger partial charge in [-0.15, -0.1) is 5.10 Å². The zero-order valence-electron chi connectivity index (χ0n) is 8.95. The van der Waals surface area contributed by atoms with Crippen molar-refractivity contribution in [2.75, 3.05) is 0 Å². The summed E-state index contributed by atoms with van der Waals surface area (Å²) in [6.45, 7) is 0.135. The van der Waals surface area contributed by atoms with Crippen molar-refractivity contribution in [3.63, 3.8) is 0 Å². The Morgan fingerprint density at radius 2 is 2.06 bits per heavy atom. The zero-order valence-corrected chi connectivity index (χ0v) is 10.5. The molecule has 0 unspecified atom stereocenters. The molecule has 2 N–H and O–H groups in total. The van der Waals surface area contributed by atoms with Gasteiger partial charge in [0, 0.05) is 11.0 Å². The molecule has 0 saturated carbocycles. The molecule has 0 aliphatic carbocycles. The van der Waals surface area contributed by atoms with E-state index in [4.69, 9.17) is 5.73 Å². The Morgan fingerprint density at radius 1 is 1.33 bits per heavy atom. The monoisotopic (exact) mass is 320 g/mol. The third kappa shape index (κ3) is 2.39. The Balaban J connectivity index is 2.57. The summed E-state index contributed by atoms with van der Waals surface area (Å²) in [5.41, 5.74) is 5.49. The molecule has 1 aromatic carbocycles. The third-order valence-corrected chi connectivity index (χ3v) is 3.00. The minimum Gasteiger partial charge on any atom is -0.325 e. The maximum Gasteiger partial charge on any atom is 0.416 e. The van der Waals surface area contributed by atoms with Gasteiger partial charge in [0.1, 0.15) is 0 Å². The standard InChI is InChI=1S/C10H8BrF3N4/c11-8-2-1-6(10(12,13)14)3-9(8)18-7(4-15)5-16-17-18/h1-3,5H,4,15H2. The van der Waals surface area contributed by atoms with Crippen LogP contribution in [-0.2, 0) is 12.7 Å². The van der Waals surface area contributed by atoms with E-state index in [1.807, 2.05) is 0 Å². The number of nitrogens with two attached hydrogens (primary N) is 1. The van der Waals surface area contributed by atoms with Crippen molar-refractivity contribution in [1.82, 2.24) is 15.0 Å². The van der Waals surface area contributed by atoms with Gasteiger partial charge in [-0.1, -0.05) is 5.21 Å². The van der Waals surface area contributed by atoms with Crippen molar-refractivity contribution in [1.29, 1.82) is 0 Å². The van der Waals surface area contributed by atoms with Crippen LogP contribution in [0.1, 0.15) is 11.3 Å². The van der Waals surface area contributed by atoms with Crippen molar-refractivity contribution in [3.8, 4) is 5.69 Å². The van der Waals surface area contributed by atoms with Gasteiger partial charge in [-0.05, 0) is 34.1 Å². The molecule has 0 atom stereocenters. The van der Waals surface area contributed by atoms with Gasteiger partial charge in [0.25, 0.3) is 0 Å². The normalized spacial score (nSPS) is 11.8. The summed E-state index contributed by atoms with van der Waals surface area (Å²) in [7, 11) is 0. The summed E-state index contributed by atoms with van der Waals surface area (Å²) in [5, 5.41) is 7.36. The van der Waals surface area contributed by atoms with Crippen LogP contribution in [-0.4, -0.2) is 15.0 Å². The first kappa shape index (κ1) is 13.0. The van der Waals surface area contributed by atoms with Crippen LogP contribution in [0.15, 0.2) is 28.9 Å². The van der Waals surface area contributed by atoms with Crippen LogP contribution < -0.4 is 5.73 Å². The molecule has 2 aromatic rings. The van der Waals surface area contributed by atoms with Crippen LogP contribution in [0.3, 0.4) is 0 Å². The van der Waals surface area contributed by atoms with Gasteiger partial charge >= 0.3 is 6.18 Å². The first-order valence-corrected chi connectivity index (χ1v) is 5.69. The number of benzene rings is 1. The van der Waals surface area contributed by atoms with E-state index in [0.29, 0.717) is 10.2 Å². The smallest absolute Gasteiger partial charge is 0.325 e. The average Bonchev–Trinajstić information content (AvgIpc) is 2.76. The fraction of sp³-hybridized carbons (Fsp3) is 0.200. The molecule has 0 saturated heterocycles. The molecule has 0 radical (unpaired) electrons. The zero-order chi connectivity index (χ0) is 13.3. The molecular weight excluding hydrogens is 313 g/mol. The Morgan fingerprint density at radius 3 is 2.67 bits per heavy atom. The summed E-state index contributed by atoms with van der Waals surface area (Å²) < 4.78 is 39.7. The van der Waals surface area contributed by atoms with E-state index < -0.39 is 11.7 Å². The first-order chi connectivity index (χ1) is 8.43. The van der Waals surface area contributed by atoms with Crippen molar-refractivity contribution in [2.24, 2.45) is 5.73 Å². The number of rotatable bonds is 2. The van der Waals surface area contributed by atoms with E-state index in [1.165, 1.54) is 16.9 Å². The lowest BCUT2D eigenvalue weighted by Crippen LogP contribution is -2.10. The minimum atomic E-state index is -4.40. The summed E-state index contributed by atoms with van der Waals surface area (Å²) >= 11 is 3.19. The van der Waals surface area contributed by atoms with Gasteiger partial charge in [-0.3, -0.25) is 0 Å². The van der Waals surface area contributed by atoms with Crippen LogP contribution in [0, 0.1) is 0 Å². The van der Waals surface area contributed by atoms with Gasteiger partial charge in [-0.2, -0.15) is 13.2 Å². The summed E-state index contributed by atoms with van der Waals surface area (Å²) in [5.74, 6) is 0. The molecule has 8 heteroatoms. The van der Waals surface area contributed by atoms with E-state index in [1.54, 1.807) is 0 Å². The lowest BCUT2D eigenvalue weighted by Gasteiger charge is -2.11. The fourth-order valence-electron chi connectivity index (χ4n) is 1.45. The summed E-state index contributed by atoms with van der Waals surface area (Å²) in [6.07, 6.45) is -2.99. The molecule has 0 bridgehead atoms. The fourth-order valence-corrected chi connectivity index (χ4v) is 1.86. The van der Waals surface area contributed by atoms with Gasteiger partial charge in [0.15, 0.2) is 0 Å². The van der Waals surface area contributed by atoms with E-state index in [2.05, 4.69) is 26.2 Å². The van der Waals surface area contributed by atoms with E-state index in [9.17, 15) is 13.2 Å². The Bertz CT molecular complexity index is 564. The second kappa shape index (κ2) is 4.69. The van der Waals surface area contributed by atoms with Crippen molar-refractivity contribution in [2.45, 2.75) is 12.7 Å². The lowest BCUT2D eigenvalue weighted by molar-refractivity contribution is -0.137. The molecule has 18 heavy (non-hydrogen) atoms. The molecule has 0 aliphatic heterocycles. The van der Waals surface area contributed by atoms with Gasteiger partial charge in [0.2, 0.25) is 0 Å². The number of hydrogen-bond acceptors (Lipinski definition) is 3. The van der Waals surface area contributed by atoms with Crippen molar-refractivity contribution >= 4 is 15.9 Å². The Labute approximate surface area is 109 Å². The second-order valence-corrected chi connectivity index (χ2v) is 4.36. The number of halogens is 4. The quantitative estimate of drug-likeness (QED) is 0.925. The SMILES string of the molecule is NCc1cnnn1-c1cc(C(F)(F)F)ccc1Br. The molecule has 0 aliphatic rings. The van der Waals surface area contributed by atoms with Crippen molar-refractivity contribution in [3.05, 3.63) is 40.1 Å². The predicted octanol–water partition coefficient (Wildman–Crippen LogP) is 2.51. The average molecular weight is 321 g/mol. The number of alkyl halides is 3. The molecule has 96 valence electrons. The molecule has 4 nitrogen and oxygen atoms in total. The van der Waals surface area contributed by atoms with Crippen LogP contribution >= 0.6 is 15.9 Å². The summed E-state index contributed by atoms with van der Waals surface area (Å²) in [6, 6.07) is 3.31. The molecule has 1 heterocycles. The number of hydrogen-bond donors (Lipinski definition) is 1. The van der Waals surface area contributed by atoms with E-state index in [0.717, 1.165) is 12.1 Å². The second-order valence-electron chi connectivity index (χ2n) is 3.51. The maximum atomic E-state index is 12.6. The molecule has 1 aromatic heterocycles. The first-order valence-electron chi connectivity index (χ1n) is 4.90. The minimum absolute atomic E-state index is 0.135.